The zero-order chi connectivity index (χ0) is 20.1. The number of hydrogen-bond donors (Lipinski definition) is 1. The van der Waals surface area contributed by atoms with E-state index in [9.17, 15) is 4.79 Å². The van der Waals surface area contributed by atoms with Gasteiger partial charge in [-0.05, 0) is 49.7 Å². The van der Waals surface area contributed by atoms with Crippen LogP contribution in [0.1, 0.15) is 54.8 Å². The first-order valence-corrected chi connectivity index (χ1v) is 10.4. The highest BCUT2D eigenvalue weighted by Gasteiger charge is 2.21. The maximum Gasteiger partial charge on any atom is 0.220 e. The van der Waals surface area contributed by atoms with Crippen LogP contribution in [0.25, 0.3) is 0 Å². The van der Waals surface area contributed by atoms with Crippen LogP contribution in [0.4, 0.5) is 0 Å². The minimum atomic E-state index is 0.0559. The van der Waals surface area contributed by atoms with E-state index in [1.165, 1.54) is 25.1 Å². The normalized spacial score (nSPS) is 20.3. The quantitative estimate of drug-likeness (QED) is 0.785. The van der Waals surface area contributed by atoms with Gasteiger partial charge in [-0.1, -0.05) is 43.3 Å². The predicted octanol–water partition coefficient (Wildman–Crippen LogP) is 4.02. The summed E-state index contributed by atoms with van der Waals surface area (Å²) in [4.78, 5) is 14.7. The third-order valence-electron chi connectivity index (χ3n) is 5.65. The lowest BCUT2D eigenvalue weighted by Crippen LogP contribution is -2.38. The molecule has 1 N–H and O–H groups in total. The minimum absolute atomic E-state index is 0.0559. The molecular formula is C23H33N3O2. The van der Waals surface area contributed by atoms with Crippen molar-refractivity contribution in [2.75, 3.05) is 13.1 Å². The Labute approximate surface area is 168 Å². The molecule has 2 atom stereocenters. The molecule has 1 saturated heterocycles. The van der Waals surface area contributed by atoms with E-state index >= 15 is 0 Å². The van der Waals surface area contributed by atoms with Crippen molar-refractivity contribution in [3.05, 3.63) is 52.4 Å². The first-order valence-electron chi connectivity index (χ1n) is 10.4. The second-order valence-electron chi connectivity index (χ2n) is 8.54. The van der Waals surface area contributed by atoms with Gasteiger partial charge in [0.2, 0.25) is 5.91 Å². The Morgan fingerprint density at radius 3 is 2.39 bits per heavy atom. The highest BCUT2D eigenvalue weighted by atomic mass is 16.5. The molecule has 2 unspecified atom stereocenters. The molecule has 1 amide bonds. The predicted molar refractivity (Wildman–Crippen MR) is 111 cm³/mol. The molecule has 1 aliphatic heterocycles. The van der Waals surface area contributed by atoms with E-state index < -0.39 is 0 Å². The summed E-state index contributed by atoms with van der Waals surface area (Å²) in [5, 5.41) is 6.95. The van der Waals surface area contributed by atoms with Gasteiger partial charge in [-0.2, -0.15) is 0 Å². The number of rotatable bonds is 7. The number of aryl methyl sites for hydroxylation is 2. The SMILES string of the molecule is Cc1noc(C)c1CCC(=O)NCc1ccc(CN2CC(C)CC(C)C2)cc1. The van der Waals surface area contributed by atoms with Crippen LogP contribution in [0.2, 0.25) is 0 Å². The first-order chi connectivity index (χ1) is 13.4. The monoisotopic (exact) mass is 383 g/mol. The largest absolute Gasteiger partial charge is 0.361 e. The summed E-state index contributed by atoms with van der Waals surface area (Å²) in [5.74, 6) is 2.42. The van der Waals surface area contributed by atoms with Crippen molar-refractivity contribution < 1.29 is 9.32 Å². The van der Waals surface area contributed by atoms with Crippen molar-refractivity contribution in [3.63, 3.8) is 0 Å². The van der Waals surface area contributed by atoms with Crippen LogP contribution in [-0.4, -0.2) is 29.1 Å². The summed E-state index contributed by atoms with van der Waals surface area (Å²) in [6.07, 6.45) is 2.45. The van der Waals surface area contributed by atoms with Gasteiger partial charge in [0.1, 0.15) is 5.76 Å². The molecule has 2 heterocycles. The lowest BCUT2D eigenvalue weighted by molar-refractivity contribution is -0.121. The van der Waals surface area contributed by atoms with Crippen LogP contribution >= 0.6 is 0 Å². The van der Waals surface area contributed by atoms with E-state index in [1.807, 2.05) is 13.8 Å². The Kier molecular flexibility index (Phi) is 6.89. The Hall–Kier alpha value is -2.14. The van der Waals surface area contributed by atoms with Gasteiger partial charge < -0.3 is 9.84 Å². The van der Waals surface area contributed by atoms with Gasteiger partial charge in [0.05, 0.1) is 5.69 Å². The highest BCUT2D eigenvalue weighted by molar-refractivity contribution is 5.76. The van der Waals surface area contributed by atoms with E-state index in [2.05, 4.69) is 53.5 Å². The molecule has 3 rings (SSSR count). The molecule has 1 aromatic heterocycles. The molecule has 5 nitrogen and oxygen atoms in total. The molecule has 1 aromatic carbocycles. The van der Waals surface area contributed by atoms with Crippen molar-refractivity contribution in [1.82, 2.24) is 15.4 Å². The van der Waals surface area contributed by atoms with E-state index in [4.69, 9.17) is 4.52 Å². The van der Waals surface area contributed by atoms with Crippen LogP contribution in [-0.2, 0) is 24.3 Å². The van der Waals surface area contributed by atoms with Gasteiger partial charge in [-0.15, -0.1) is 0 Å². The van der Waals surface area contributed by atoms with Gasteiger partial charge >= 0.3 is 0 Å². The summed E-state index contributed by atoms with van der Waals surface area (Å²) in [6.45, 7) is 12.5. The second kappa shape index (κ2) is 9.37. The molecule has 0 bridgehead atoms. The van der Waals surface area contributed by atoms with Gasteiger partial charge in [0, 0.05) is 38.2 Å². The van der Waals surface area contributed by atoms with Crippen LogP contribution in [0.5, 0.6) is 0 Å². The maximum atomic E-state index is 12.2. The van der Waals surface area contributed by atoms with E-state index in [-0.39, 0.29) is 5.91 Å². The van der Waals surface area contributed by atoms with Crippen molar-refractivity contribution in [2.45, 2.75) is 60.0 Å². The van der Waals surface area contributed by atoms with Crippen molar-refractivity contribution in [3.8, 4) is 0 Å². The topological polar surface area (TPSA) is 58.4 Å². The average molecular weight is 384 g/mol. The summed E-state index contributed by atoms with van der Waals surface area (Å²) in [7, 11) is 0. The Morgan fingerprint density at radius 2 is 1.79 bits per heavy atom. The molecule has 5 heteroatoms. The molecule has 0 radical (unpaired) electrons. The Bertz CT molecular complexity index is 752. The van der Waals surface area contributed by atoms with Gasteiger partial charge in [0.15, 0.2) is 0 Å². The van der Waals surface area contributed by atoms with E-state index in [1.54, 1.807) is 0 Å². The van der Waals surface area contributed by atoms with Crippen molar-refractivity contribution >= 4 is 5.91 Å². The fourth-order valence-electron chi connectivity index (χ4n) is 4.33. The van der Waals surface area contributed by atoms with E-state index in [0.29, 0.717) is 19.4 Å². The number of aromatic nitrogens is 1. The number of carbonyl (C=O) groups is 1. The van der Waals surface area contributed by atoms with E-state index in [0.717, 1.165) is 41.0 Å². The smallest absolute Gasteiger partial charge is 0.220 e. The number of piperidine rings is 1. The van der Waals surface area contributed by atoms with Crippen LogP contribution in [0.3, 0.4) is 0 Å². The van der Waals surface area contributed by atoms with Crippen molar-refractivity contribution in [2.24, 2.45) is 11.8 Å². The lowest BCUT2D eigenvalue weighted by Gasteiger charge is -2.35. The molecule has 0 spiro atoms. The molecule has 0 saturated carbocycles. The lowest BCUT2D eigenvalue weighted by atomic mass is 9.91. The van der Waals surface area contributed by atoms with Crippen molar-refractivity contribution in [1.29, 1.82) is 0 Å². The zero-order valence-electron chi connectivity index (χ0n) is 17.6. The third kappa shape index (κ3) is 5.68. The molecule has 0 aliphatic carbocycles. The fourth-order valence-corrected chi connectivity index (χ4v) is 4.33. The highest BCUT2D eigenvalue weighted by Crippen LogP contribution is 2.22. The summed E-state index contributed by atoms with van der Waals surface area (Å²) in [6, 6.07) is 8.63. The molecule has 1 fully saturated rings. The number of likely N-dealkylation sites (tertiary alicyclic amines) is 1. The first kappa shape index (κ1) is 20.6. The van der Waals surface area contributed by atoms with Crippen LogP contribution in [0, 0.1) is 25.7 Å². The van der Waals surface area contributed by atoms with Gasteiger partial charge in [0.25, 0.3) is 0 Å². The number of carbonyl (C=O) groups excluding carboxylic acids is 1. The number of nitrogens with one attached hydrogen (secondary N) is 1. The molecule has 1 aliphatic rings. The molecular weight excluding hydrogens is 350 g/mol. The van der Waals surface area contributed by atoms with Gasteiger partial charge in [-0.3, -0.25) is 9.69 Å². The van der Waals surface area contributed by atoms with Gasteiger partial charge in [-0.25, -0.2) is 0 Å². The number of nitrogens with zero attached hydrogens (tertiary/aromatic N) is 2. The molecule has 2 aromatic rings. The van der Waals surface area contributed by atoms with Crippen LogP contribution in [0.15, 0.2) is 28.8 Å². The Morgan fingerprint density at radius 1 is 1.14 bits per heavy atom. The standard InChI is InChI=1S/C23H33N3O2/c1-16-11-17(2)14-26(13-16)15-21-7-5-20(6-8-21)12-24-23(27)10-9-22-18(3)25-28-19(22)4/h5-8,16-17H,9-15H2,1-4H3,(H,24,27). The number of amides is 1. The zero-order valence-corrected chi connectivity index (χ0v) is 17.6. The third-order valence-corrected chi connectivity index (χ3v) is 5.65. The Balaban J connectivity index is 1.43. The molecule has 28 heavy (non-hydrogen) atoms. The average Bonchev–Trinajstić information content (AvgIpc) is 2.96. The fraction of sp³-hybridized carbons (Fsp3) is 0.565. The summed E-state index contributed by atoms with van der Waals surface area (Å²) < 4.78 is 5.15. The number of hydrogen-bond acceptors (Lipinski definition) is 4. The second-order valence-corrected chi connectivity index (χ2v) is 8.54. The van der Waals surface area contributed by atoms with Crippen LogP contribution < -0.4 is 5.32 Å². The maximum absolute atomic E-state index is 12.2. The number of benzene rings is 1. The molecule has 152 valence electrons. The summed E-state index contributed by atoms with van der Waals surface area (Å²) in [5.41, 5.74) is 4.39. The summed E-state index contributed by atoms with van der Waals surface area (Å²) >= 11 is 0. The minimum Gasteiger partial charge on any atom is -0.361 e.